The van der Waals surface area contributed by atoms with Gasteiger partial charge >= 0.3 is 6.09 Å². The molecular weight excluding hydrogens is 254 g/mol. The van der Waals surface area contributed by atoms with Crippen LogP contribution in [0.4, 0.5) is 16.2 Å². The van der Waals surface area contributed by atoms with Gasteiger partial charge in [0, 0.05) is 30.5 Å². The average molecular weight is 277 g/mol. The Balaban J connectivity index is 1.86. The maximum absolute atomic E-state index is 12.0. The quantitative estimate of drug-likeness (QED) is 0.816. The third kappa shape index (κ3) is 4.05. The molecule has 0 saturated carbocycles. The molecule has 1 unspecified atom stereocenters. The van der Waals surface area contributed by atoms with E-state index < -0.39 is 5.60 Å². The molecule has 1 fully saturated rings. The number of rotatable bonds is 2. The Morgan fingerprint density at radius 3 is 2.60 bits per heavy atom. The highest BCUT2D eigenvalue weighted by Gasteiger charge is 2.29. The molecule has 1 aromatic carbocycles. The van der Waals surface area contributed by atoms with Crippen LogP contribution in [0.5, 0.6) is 0 Å². The van der Waals surface area contributed by atoms with Gasteiger partial charge in [0.05, 0.1) is 0 Å². The average Bonchev–Trinajstić information content (AvgIpc) is 2.79. The summed E-state index contributed by atoms with van der Waals surface area (Å²) >= 11 is 0. The number of anilines is 2. The summed E-state index contributed by atoms with van der Waals surface area (Å²) in [4.78, 5) is 13.7. The van der Waals surface area contributed by atoms with Gasteiger partial charge in [-0.25, -0.2) is 4.79 Å². The fourth-order valence-electron chi connectivity index (χ4n) is 2.19. The molecule has 110 valence electrons. The van der Waals surface area contributed by atoms with Crippen molar-refractivity contribution in [3.8, 4) is 0 Å². The zero-order valence-corrected chi connectivity index (χ0v) is 12.3. The van der Waals surface area contributed by atoms with E-state index >= 15 is 0 Å². The molecule has 1 aliphatic rings. The predicted octanol–water partition coefficient (Wildman–Crippen LogP) is 2.69. The molecule has 1 saturated heterocycles. The van der Waals surface area contributed by atoms with Crippen molar-refractivity contribution >= 4 is 17.5 Å². The van der Waals surface area contributed by atoms with Gasteiger partial charge in [-0.1, -0.05) is 0 Å². The Morgan fingerprint density at radius 1 is 1.35 bits per heavy atom. The van der Waals surface area contributed by atoms with Crippen molar-refractivity contribution in [3.63, 3.8) is 0 Å². The number of likely N-dealkylation sites (tertiary alicyclic amines) is 1. The van der Waals surface area contributed by atoms with Crippen LogP contribution in [0.2, 0.25) is 0 Å². The summed E-state index contributed by atoms with van der Waals surface area (Å²) in [7, 11) is 0. The summed E-state index contributed by atoms with van der Waals surface area (Å²) in [5.74, 6) is 0. The van der Waals surface area contributed by atoms with E-state index in [1.807, 2.05) is 45.0 Å². The van der Waals surface area contributed by atoms with E-state index in [1.54, 1.807) is 4.90 Å². The Labute approximate surface area is 120 Å². The van der Waals surface area contributed by atoms with Crippen LogP contribution in [0, 0.1) is 0 Å². The molecule has 0 spiro atoms. The van der Waals surface area contributed by atoms with Gasteiger partial charge in [0.15, 0.2) is 0 Å². The highest BCUT2D eigenvalue weighted by atomic mass is 16.6. The van der Waals surface area contributed by atoms with Crippen LogP contribution in [0.25, 0.3) is 0 Å². The smallest absolute Gasteiger partial charge is 0.410 e. The number of carbonyl (C=O) groups is 1. The van der Waals surface area contributed by atoms with Crippen LogP contribution in [0.15, 0.2) is 24.3 Å². The van der Waals surface area contributed by atoms with E-state index in [9.17, 15) is 4.79 Å². The molecule has 1 heterocycles. The highest BCUT2D eigenvalue weighted by molar-refractivity contribution is 5.68. The standard InChI is InChI=1S/C15H23N3O2/c1-15(2,3)20-14(19)18-9-8-13(10-18)17-12-6-4-11(16)5-7-12/h4-7,13,17H,8-10,16H2,1-3H3. The minimum atomic E-state index is -0.445. The van der Waals surface area contributed by atoms with Crippen molar-refractivity contribution in [2.24, 2.45) is 0 Å². The first-order chi connectivity index (χ1) is 9.33. The number of nitrogen functional groups attached to an aromatic ring is 1. The lowest BCUT2D eigenvalue weighted by Gasteiger charge is -2.24. The maximum Gasteiger partial charge on any atom is 0.410 e. The second kappa shape index (κ2) is 5.61. The van der Waals surface area contributed by atoms with Crippen LogP contribution in [0.1, 0.15) is 27.2 Å². The van der Waals surface area contributed by atoms with Crippen LogP contribution in [-0.2, 0) is 4.74 Å². The first-order valence-corrected chi connectivity index (χ1v) is 6.93. The summed E-state index contributed by atoms with van der Waals surface area (Å²) < 4.78 is 5.38. The Bertz CT molecular complexity index is 465. The fraction of sp³-hybridized carbons (Fsp3) is 0.533. The minimum Gasteiger partial charge on any atom is -0.444 e. The molecule has 20 heavy (non-hydrogen) atoms. The molecular formula is C15H23N3O2. The first-order valence-electron chi connectivity index (χ1n) is 6.93. The molecule has 1 atom stereocenters. The minimum absolute atomic E-state index is 0.237. The third-order valence-corrected chi connectivity index (χ3v) is 3.12. The number of amides is 1. The number of hydrogen-bond acceptors (Lipinski definition) is 4. The van der Waals surface area contributed by atoms with Crippen LogP contribution < -0.4 is 11.1 Å². The van der Waals surface area contributed by atoms with E-state index in [4.69, 9.17) is 10.5 Å². The number of carbonyl (C=O) groups excluding carboxylic acids is 1. The van der Waals surface area contributed by atoms with Crippen molar-refractivity contribution in [2.75, 3.05) is 24.1 Å². The highest BCUT2D eigenvalue weighted by Crippen LogP contribution is 2.19. The van der Waals surface area contributed by atoms with Gasteiger partial charge in [-0.3, -0.25) is 0 Å². The summed E-state index contributed by atoms with van der Waals surface area (Å²) in [5.41, 5.74) is 6.98. The number of nitrogens with two attached hydrogens (primary N) is 1. The largest absolute Gasteiger partial charge is 0.444 e. The molecule has 0 radical (unpaired) electrons. The zero-order chi connectivity index (χ0) is 14.8. The van der Waals surface area contributed by atoms with Gasteiger partial charge in [-0.05, 0) is 51.5 Å². The normalized spacial score (nSPS) is 18.9. The predicted molar refractivity (Wildman–Crippen MR) is 80.7 cm³/mol. The number of hydrogen-bond donors (Lipinski definition) is 2. The number of benzene rings is 1. The first kappa shape index (κ1) is 14.5. The molecule has 5 heteroatoms. The van der Waals surface area contributed by atoms with Crippen molar-refractivity contribution < 1.29 is 9.53 Å². The Morgan fingerprint density at radius 2 is 2.00 bits per heavy atom. The van der Waals surface area contributed by atoms with Gasteiger partial charge in [-0.15, -0.1) is 0 Å². The third-order valence-electron chi connectivity index (χ3n) is 3.12. The summed E-state index contributed by atoms with van der Waals surface area (Å²) in [6.07, 6.45) is 0.683. The van der Waals surface area contributed by atoms with E-state index in [0.717, 1.165) is 24.3 Å². The van der Waals surface area contributed by atoms with Crippen molar-refractivity contribution in [1.82, 2.24) is 4.90 Å². The van der Waals surface area contributed by atoms with Crippen molar-refractivity contribution in [1.29, 1.82) is 0 Å². The molecule has 1 aliphatic heterocycles. The Kier molecular flexibility index (Phi) is 4.06. The van der Waals surface area contributed by atoms with E-state index in [0.29, 0.717) is 6.54 Å². The number of ether oxygens (including phenoxy) is 1. The van der Waals surface area contributed by atoms with E-state index in [1.165, 1.54) is 0 Å². The van der Waals surface area contributed by atoms with Gasteiger partial charge < -0.3 is 20.7 Å². The van der Waals surface area contributed by atoms with Gasteiger partial charge in [0.25, 0.3) is 0 Å². The summed E-state index contributed by atoms with van der Waals surface area (Å²) in [5, 5.41) is 3.41. The molecule has 1 aromatic rings. The summed E-state index contributed by atoms with van der Waals surface area (Å²) in [6.45, 7) is 7.03. The molecule has 1 amide bonds. The maximum atomic E-state index is 12.0. The molecule has 2 rings (SSSR count). The van der Waals surface area contributed by atoms with E-state index in [-0.39, 0.29) is 12.1 Å². The van der Waals surface area contributed by atoms with Gasteiger partial charge in [-0.2, -0.15) is 0 Å². The second-order valence-corrected chi connectivity index (χ2v) is 6.18. The topological polar surface area (TPSA) is 67.6 Å². The second-order valence-electron chi connectivity index (χ2n) is 6.18. The van der Waals surface area contributed by atoms with E-state index in [2.05, 4.69) is 5.32 Å². The van der Waals surface area contributed by atoms with Crippen LogP contribution in [0.3, 0.4) is 0 Å². The molecule has 0 aromatic heterocycles. The van der Waals surface area contributed by atoms with Crippen LogP contribution >= 0.6 is 0 Å². The lowest BCUT2D eigenvalue weighted by atomic mass is 10.2. The van der Waals surface area contributed by atoms with Gasteiger partial charge in [0.1, 0.15) is 5.60 Å². The number of nitrogens with zero attached hydrogens (tertiary/aromatic N) is 1. The Hall–Kier alpha value is -1.91. The zero-order valence-electron chi connectivity index (χ0n) is 12.3. The van der Waals surface area contributed by atoms with Gasteiger partial charge in [0.2, 0.25) is 0 Å². The molecule has 0 aliphatic carbocycles. The van der Waals surface area contributed by atoms with Crippen LogP contribution in [-0.4, -0.2) is 35.7 Å². The fourth-order valence-corrected chi connectivity index (χ4v) is 2.19. The SMILES string of the molecule is CC(C)(C)OC(=O)N1CCC(Nc2ccc(N)cc2)C1. The molecule has 3 N–H and O–H groups in total. The molecule has 0 bridgehead atoms. The summed E-state index contributed by atoms with van der Waals surface area (Å²) in [6, 6.07) is 7.88. The van der Waals surface area contributed by atoms with Crippen molar-refractivity contribution in [2.45, 2.75) is 38.8 Å². The lowest BCUT2D eigenvalue weighted by molar-refractivity contribution is 0.0293. The number of nitrogens with one attached hydrogen (secondary N) is 1. The lowest BCUT2D eigenvalue weighted by Crippen LogP contribution is -2.36. The molecule has 5 nitrogen and oxygen atoms in total. The van der Waals surface area contributed by atoms with Crippen molar-refractivity contribution in [3.05, 3.63) is 24.3 Å². The monoisotopic (exact) mass is 277 g/mol.